The number of halogens is 1. The number of amides is 1. The zero-order chi connectivity index (χ0) is 15.2. The van der Waals surface area contributed by atoms with Gasteiger partial charge in [-0.2, -0.15) is 0 Å². The van der Waals surface area contributed by atoms with E-state index in [1.807, 2.05) is 0 Å². The molecule has 0 atom stereocenters. The number of ether oxygens (including phenoxy) is 2. The number of methoxy groups -OCH3 is 2. The SMILES string of the molecule is COc1cc(NC(=O)CNC2CCCC2)c(OC)cc1Cl. The molecular formula is C15H21ClN2O3. The molecule has 1 fully saturated rings. The molecule has 5 nitrogen and oxygen atoms in total. The average Bonchev–Trinajstić information content (AvgIpc) is 2.99. The Kier molecular flexibility index (Phi) is 5.70. The largest absolute Gasteiger partial charge is 0.495 e. The van der Waals surface area contributed by atoms with Crippen LogP contribution in [-0.4, -0.2) is 32.7 Å². The number of carbonyl (C=O) groups is 1. The molecule has 1 aliphatic carbocycles. The van der Waals surface area contributed by atoms with Gasteiger partial charge in [-0.15, -0.1) is 0 Å². The summed E-state index contributed by atoms with van der Waals surface area (Å²) in [5, 5.41) is 6.53. The van der Waals surface area contributed by atoms with E-state index in [1.54, 1.807) is 12.1 Å². The minimum absolute atomic E-state index is 0.107. The van der Waals surface area contributed by atoms with Crippen LogP contribution in [0.1, 0.15) is 25.7 Å². The van der Waals surface area contributed by atoms with Gasteiger partial charge in [0.1, 0.15) is 11.5 Å². The lowest BCUT2D eigenvalue weighted by atomic mass is 10.2. The first-order valence-electron chi connectivity index (χ1n) is 7.08. The first-order chi connectivity index (χ1) is 10.1. The van der Waals surface area contributed by atoms with Crippen LogP contribution in [0.5, 0.6) is 11.5 Å². The zero-order valence-electron chi connectivity index (χ0n) is 12.4. The molecule has 21 heavy (non-hydrogen) atoms. The number of rotatable bonds is 6. The molecule has 1 aromatic carbocycles. The van der Waals surface area contributed by atoms with Gasteiger partial charge in [-0.05, 0) is 12.8 Å². The predicted molar refractivity (Wildman–Crippen MR) is 83.4 cm³/mol. The Bertz CT molecular complexity index is 502. The summed E-state index contributed by atoms with van der Waals surface area (Å²) in [6.07, 6.45) is 4.76. The van der Waals surface area contributed by atoms with Crippen molar-refractivity contribution in [2.75, 3.05) is 26.1 Å². The van der Waals surface area contributed by atoms with Crippen LogP contribution in [0.3, 0.4) is 0 Å². The first-order valence-corrected chi connectivity index (χ1v) is 7.46. The monoisotopic (exact) mass is 312 g/mol. The van der Waals surface area contributed by atoms with Crippen LogP contribution >= 0.6 is 11.6 Å². The number of benzene rings is 1. The molecule has 0 aliphatic heterocycles. The number of hydrogen-bond acceptors (Lipinski definition) is 4. The summed E-state index contributed by atoms with van der Waals surface area (Å²) < 4.78 is 10.4. The summed E-state index contributed by atoms with van der Waals surface area (Å²) in [6, 6.07) is 3.74. The van der Waals surface area contributed by atoms with Gasteiger partial charge in [0, 0.05) is 18.2 Å². The summed E-state index contributed by atoms with van der Waals surface area (Å²) in [4.78, 5) is 12.0. The topological polar surface area (TPSA) is 59.6 Å². The van der Waals surface area contributed by atoms with E-state index in [-0.39, 0.29) is 5.91 Å². The van der Waals surface area contributed by atoms with Crippen LogP contribution in [0.2, 0.25) is 5.02 Å². The Morgan fingerprint density at radius 1 is 1.24 bits per heavy atom. The predicted octanol–water partition coefficient (Wildman–Crippen LogP) is 2.83. The maximum absolute atomic E-state index is 12.0. The van der Waals surface area contributed by atoms with Gasteiger partial charge in [0.25, 0.3) is 0 Å². The fourth-order valence-electron chi connectivity index (χ4n) is 2.52. The molecule has 0 saturated heterocycles. The Hall–Kier alpha value is -1.46. The van der Waals surface area contributed by atoms with Gasteiger partial charge >= 0.3 is 0 Å². The van der Waals surface area contributed by atoms with Gasteiger partial charge in [-0.3, -0.25) is 4.79 Å². The van der Waals surface area contributed by atoms with Gasteiger partial charge in [0.15, 0.2) is 0 Å². The number of nitrogens with one attached hydrogen (secondary N) is 2. The smallest absolute Gasteiger partial charge is 0.238 e. The Morgan fingerprint density at radius 2 is 1.90 bits per heavy atom. The molecule has 0 bridgehead atoms. The summed E-state index contributed by atoms with van der Waals surface area (Å²) in [6.45, 7) is 0.290. The Balaban J connectivity index is 1.98. The van der Waals surface area contributed by atoms with Crippen LogP contribution in [-0.2, 0) is 4.79 Å². The quantitative estimate of drug-likeness (QED) is 0.848. The fraction of sp³-hybridized carbons (Fsp3) is 0.533. The van der Waals surface area contributed by atoms with E-state index in [9.17, 15) is 4.79 Å². The number of carbonyl (C=O) groups excluding carboxylic acids is 1. The summed E-state index contributed by atoms with van der Waals surface area (Å²) in [7, 11) is 3.06. The zero-order valence-corrected chi connectivity index (χ0v) is 13.1. The highest BCUT2D eigenvalue weighted by Crippen LogP contribution is 2.35. The standard InChI is InChI=1S/C15H21ClN2O3/c1-20-13-8-12(14(21-2)7-11(13)16)18-15(19)9-17-10-5-3-4-6-10/h7-8,10,17H,3-6,9H2,1-2H3,(H,18,19). The lowest BCUT2D eigenvalue weighted by Gasteiger charge is -2.15. The van der Waals surface area contributed by atoms with Crippen molar-refractivity contribution in [2.24, 2.45) is 0 Å². The second-order valence-electron chi connectivity index (χ2n) is 5.10. The minimum atomic E-state index is -0.107. The Morgan fingerprint density at radius 3 is 2.52 bits per heavy atom. The molecule has 0 unspecified atom stereocenters. The van der Waals surface area contributed by atoms with Crippen LogP contribution in [0.25, 0.3) is 0 Å². The number of anilines is 1. The third-order valence-corrected chi connectivity index (χ3v) is 3.95. The fourth-order valence-corrected chi connectivity index (χ4v) is 2.75. The molecule has 1 saturated carbocycles. The van der Waals surface area contributed by atoms with Crippen molar-refractivity contribution in [1.82, 2.24) is 5.32 Å². The van der Waals surface area contributed by atoms with Crippen molar-refractivity contribution in [2.45, 2.75) is 31.7 Å². The minimum Gasteiger partial charge on any atom is -0.495 e. The van der Waals surface area contributed by atoms with Gasteiger partial charge in [-0.1, -0.05) is 24.4 Å². The van der Waals surface area contributed by atoms with E-state index in [4.69, 9.17) is 21.1 Å². The molecule has 0 spiro atoms. The van der Waals surface area contributed by atoms with Crippen molar-refractivity contribution >= 4 is 23.2 Å². The maximum Gasteiger partial charge on any atom is 0.238 e. The molecular weight excluding hydrogens is 292 g/mol. The molecule has 1 amide bonds. The normalized spacial score (nSPS) is 15.0. The van der Waals surface area contributed by atoms with Crippen LogP contribution in [0.15, 0.2) is 12.1 Å². The lowest BCUT2D eigenvalue weighted by Crippen LogP contribution is -2.34. The highest BCUT2D eigenvalue weighted by Gasteiger charge is 2.16. The molecule has 116 valence electrons. The molecule has 1 aromatic rings. The van der Waals surface area contributed by atoms with E-state index < -0.39 is 0 Å². The van der Waals surface area contributed by atoms with E-state index in [0.29, 0.717) is 34.8 Å². The molecule has 0 heterocycles. The number of hydrogen-bond donors (Lipinski definition) is 2. The van der Waals surface area contributed by atoms with E-state index in [2.05, 4.69) is 10.6 Å². The van der Waals surface area contributed by atoms with Gasteiger partial charge in [-0.25, -0.2) is 0 Å². The summed E-state index contributed by atoms with van der Waals surface area (Å²) in [5.41, 5.74) is 0.553. The van der Waals surface area contributed by atoms with Crippen molar-refractivity contribution in [3.63, 3.8) is 0 Å². The van der Waals surface area contributed by atoms with Gasteiger partial charge in [0.2, 0.25) is 5.91 Å². The highest BCUT2D eigenvalue weighted by molar-refractivity contribution is 6.32. The van der Waals surface area contributed by atoms with Crippen LogP contribution in [0.4, 0.5) is 5.69 Å². The van der Waals surface area contributed by atoms with E-state index in [1.165, 1.54) is 27.1 Å². The Labute approximate surface area is 130 Å². The average molecular weight is 313 g/mol. The van der Waals surface area contributed by atoms with Crippen LogP contribution < -0.4 is 20.1 Å². The van der Waals surface area contributed by atoms with Gasteiger partial charge < -0.3 is 20.1 Å². The maximum atomic E-state index is 12.0. The molecule has 2 rings (SSSR count). The molecule has 6 heteroatoms. The third-order valence-electron chi connectivity index (χ3n) is 3.65. The van der Waals surface area contributed by atoms with Crippen molar-refractivity contribution in [3.05, 3.63) is 17.2 Å². The second-order valence-corrected chi connectivity index (χ2v) is 5.50. The molecule has 0 radical (unpaired) electrons. The third kappa shape index (κ3) is 4.25. The second kappa shape index (κ2) is 7.52. The van der Waals surface area contributed by atoms with Gasteiger partial charge in [0.05, 0.1) is 31.5 Å². The molecule has 1 aliphatic rings. The molecule has 0 aromatic heterocycles. The van der Waals surface area contributed by atoms with Crippen molar-refractivity contribution in [1.29, 1.82) is 0 Å². The highest BCUT2D eigenvalue weighted by atomic mass is 35.5. The van der Waals surface area contributed by atoms with E-state index in [0.717, 1.165) is 12.8 Å². The first kappa shape index (κ1) is 15.9. The van der Waals surface area contributed by atoms with Crippen molar-refractivity contribution < 1.29 is 14.3 Å². The van der Waals surface area contributed by atoms with Crippen LogP contribution in [0, 0.1) is 0 Å². The van der Waals surface area contributed by atoms with E-state index >= 15 is 0 Å². The molecule has 2 N–H and O–H groups in total. The lowest BCUT2D eigenvalue weighted by molar-refractivity contribution is -0.115. The summed E-state index contributed by atoms with van der Waals surface area (Å²) >= 11 is 6.03. The summed E-state index contributed by atoms with van der Waals surface area (Å²) in [5.74, 6) is 0.899. The van der Waals surface area contributed by atoms with Crippen molar-refractivity contribution in [3.8, 4) is 11.5 Å².